The SMILES string of the molecule is CC/C=C\C/C=C\C/C=C\CCCCCCCCCC(=O)OC(COC(=O)CCCCCCCCC/C=C\CCCCCCCC)COC(=O)CCCCCCCCCCCCC/C=C\CCCCCCCCCC. The van der Waals surface area contributed by atoms with Gasteiger partial charge in [0.25, 0.3) is 0 Å². The maximum absolute atomic E-state index is 12.9. The quantitative estimate of drug-likeness (QED) is 0.0261. The van der Waals surface area contributed by atoms with Crippen molar-refractivity contribution in [1.29, 1.82) is 0 Å². The minimum atomic E-state index is -0.782. The number of allylic oxidation sites excluding steroid dienone is 10. The third kappa shape index (κ3) is 61.8. The van der Waals surface area contributed by atoms with Gasteiger partial charge in [-0.2, -0.15) is 0 Å². The van der Waals surface area contributed by atoms with Crippen LogP contribution in [0.3, 0.4) is 0 Å². The minimum absolute atomic E-state index is 0.0780. The number of carbonyl (C=O) groups is 3. The summed E-state index contributed by atoms with van der Waals surface area (Å²) in [5, 5.41) is 0. The molecule has 0 radical (unpaired) electrons. The third-order valence-electron chi connectivity index (χ3n) is 14.5. The zero-order valence-electron chi connectivity index (χ0n) is 50.1. The monoisotopic (exact) mass is 1050 g/mol. The molecule has 0 aliphatic rings. The molecule has 6 heteroatoms. The van der Waals surface area contributed by atoms with Crippen LogP contribution in [0.5, 0.6) is 0 Å². The lowest BCUT2D eigenvalue weighted by Crippen LogP contribution is -2.30. The Morgan fingerprint density at radius 2 is 0.520 bits per heavy atom. The first kappa shape index (κ1) is 72.1. The number of rotatable bonds is 60. The third-order valence-corrected chi connectivity index (χ3v) is 14.5. The standard InChI is InChI=1S/C69H124O6/c1-4-7-10-13-16-19-22-25-28-31-32-33-34-35-36-39-41-44-47-50-53-56-59-62-68(71)74-65-66(75-69(72)63-60-57-54-51-48-45-42-38-30-27-24-21-18-15-12-9-6-3)64-73-67(70)61-58-55-52-49-46-43-40-37-29-26-23-20-17-14-11-8-5-2/h9,12,18,21,26-27,29-32,66H,4-8,10-11,13-17,19-20,22-25,28,33-65H2,1-3H3/b12-9-,21-18-,29-26-,30-27-,32-31-. The highest BCUT2D eigenvalue weighted by Gasteiger charge is 2.19. The van der Waals surface area contributed by atoms with Crippen molar-refractivity contribution in [2.45, 2.75) is 348 Å². The van der Waals surface area contributed by atoms with Gasteiger partial charge in [-0.15, -0.1) is 0 Å². The molecule has 1 atom stereocenters. The second-order valence-corrected chi connectivity index (χ2v) is 22.0. The first-order valence-electron chi connectivity index (χ1n) is 32.8. The molecule has 1 unspecified atom stereocenters. The van der Waals surface area contributed by atoms with Crippen molar-refractivity contribution in [1.82, 2.24) is 0 Å². The van der Waals surface area contributed by atoms with Crippen molar-refractivity contribution in [2.24, 2.45) is 0 Å². The molecule has 0 heterocycles. The second kappa shape index (κ2) is 63.6. The van der Waals surface area contributed by atoms with Crippen LogP contribution in [0.15, 0.2) is 60.8 Å². The van der Waals surface area contributed by atoms with E-state index in [0.29, 0.717) is 19.3 Å². The van der Waals surface area contributed by atoms with Crippen LogP contribution in [-0.2, 0) is 28.6 Å². The Morgan fingerprint density at radius 3 is 0.827 bits per heavy atom. The molecule has 0 aromatic carbocycles. The van der Waals surface area contributed by atoms with E-state index < -0.39 is 6.10 Å². The van der Waals surface area contributed by atoms with E-state index in [1.54, 1.807) is 0 Å². The van der Waals surface area contributed by atoms with Gasteiger partial charge >= 0.3 is 17.9 Å². The molecule has 6 nitrogen and oxygen atoms in total. The van der Waals surface area contributed by atoms with E-state index in [1.165, 1.54) is 218 Å². The van der Waals surface area contributed by atoms with Crippen molar-refractivity contribution in [3.63, 3.8) is 0 Å². The molecule has 0 amide bonds. The summed E-state index contributed by atoms with van der Waals surface area (Å²) in [5.41, 5.74) is 0. The molecule has 0 aliphatic heterocycles. The number of carbonyl (C=O) groups excluding carboxylic acids is 3. The van der Waals surface area contributed by atoms with Crippen molar-refractivity contribution in [3.8, 4) is 0 Å². The van der Waals surface area contributed by atoms with E-state index in [1.807, 2.05) is 0 Å². The highest BCUT2D eigenvalue weighted by atomic mass is 16.6. The highest BCUT2D eigenvalue weighted by molar-refractivity contribution is 5.71. The number of ether oxygens (including phenoxy) is 3. The van der Waals surface area contributed by atoms with Gasteiger partial charge in [0.15, 0.2) is 6.10 Å². The van der Waals surface area contributed by atoms with E-state index in [2.05, 4.69) is 81.5 Å². The van der Waals surface area contributed by atoms with Gasteiger partial charge in [-0.05, 0) is 103 Å². The minimum Gasteiger partial charge on any atom is -0.462 e. The largest absolute Gasteiger partial charge is 0.462 e. The molecule has 0 saturated carbocycles. The van der Waals surface area contributed by atoms with Crippen molar-refractivity contribution >= 4 is 17.9 Å². The number of hydrogen-bond donors (Lipinski definition) is 0. The summed E-state index contributed by atoms with van der Waals surface area (Å²) >= 11 is 0. The van der Waals surface area contributed by atoms with Gasteiger partial charge in [0, 0.05) is 19.3 Å². The van der Waals surface area contributed by atoms with E-state index in [0.717, 1.165) is 83.5 Å². The molecule has 0 spiro atoms. The summed E-state index contributed by atoms with van der Waals surface area (Å²) in [6.07, 6.45) is 80.8. The first-order chi connectivity index (χ1) is 37.0. The van der Waals surface area contributed by atoms with Gasteiger partial charge in [-0.3, -0.25) is 14.4 Å². The lowest BCUT2D eigenvalue weighted by Gasteiger charge is -2.18. The molecule has 0 aromatic heterocycles. The van der Waals surface area contributed by atoms with Gasteiger partial charge in [0.05, 0.1) is 0 Å². The van der Waals surface area contributed by atoms with E-state index in [4.69, 9.17) is 14.2 Å². The van der Waals surface area contributed by atoms with E-state index >= 15 is 0 Å². The second-order valence-electron chi connectivity index (χ2n) is 22.0. The van der Waals surface area contributed by atoms with Crippen molar-refractivity contribution in [3.05, 3.63) is 60.8 Å². The Kier molecular flexibility index (Phi) is 61.2. The molecule has 0 bridgehead atoms. The number of esters is 3. The first-order valence-corrected chi connectivity index (χ1v) is 32.8. The van der Waals surface area contributed by atoms with Gasteiger partial charge in [-0.25, -0.2) is 0 Å². The maximum Gasteiger partial charge on any atom is 0.306 e. The van der Waals surface area contributed by atoms with Crippen LogP contribution in [0.1, 0.15) is 342 Å². The highest BCUT2D eigenvalue weighted by Crippen LogP contribution is 2.17. The number of unbranched alkanes of at least 4 members (excludes halogenated alkanes) is 39. The number of hydrogen-bond acceptors (Lipinski definition) is 6. The molecule has 0 fully saturated rings. The van der Waals surface area contributed by atoms with Crippen LogP contribution < -0.4 is 0 Å². The Bertz CT molecular complexity index is 1340. The normalized spacial score (nSPS) is 12.4. The fourth-order valence-corrected chi connectivity index (χ4v) is 9.57. The van der Waals surface area contributed by atoms with Crippen LogP contribution in [0.2, 0.25) is 0 Å². The molecule has 0 aromatic rings. The fraction of sp³-hybridized carbons (Fsp3) is 0.812. The van der Waals surface area contributed by atoms with Crippen LogP contribution in [0.25, 0.3) is 0 Å². The van der Waals surface area contributed by atoms with Gasteiger partial charge in [0.1, 0.15) is 13.2 Å². The van der Waals surface area contributed by atoms with Gasteiger partial charge in [0.2, 0.25) is 0 Å². The van der Waals surface area contributed by atoms with Gasteiger partial charge < -0.3 is 14.2 Å². The predicted molar refractivity (Wildman–Crippen MR) is 325 cm³/mol. The average Bonchev–Trinajstić information content (AvgIpc) is 3.41. The summed E-state index contributed by atoms with van der Waals surface area (Å²) in [6.45, 7) is 6.56. The average molecular weight is 1050 g/mol. The van der Waals surface area contributed by atoms with Crippen LogP contribution >= 0.6 is 0 Å². The van der Waals surface area contributed by atoms with E-state index in [-0.39, 0.29) is 31.1 Å². The Labute approximate surface area is 466 Å². The summed E-state index contributed by atoms with van der Waals surface area (Å²) in [7, 11) is 0. The summed E-state index contributed by atoms with van der Waals surface area (Å²) in [4.78, 5) is 38.4. The molecule has 0 N–H and O–H groups in total. The fourth-order valence-electron chi connectivity index (χ4n) is 9.57. The lowest BCUT2D eigenvalue weighted by molar-refractivity contribution is -0.167. The molecule has 75 heavy (non-hydrogen) atoms. The lowest BCUT2D eigenvalue weighted by atomic mass is 10.0. The molecule has 0 aliphatic carbocycles. The van der Waals surface area contributed by atoms with Crippen LogP contribution in [0.4, 0.5) is 0 Å². The van der Waals surface area contributed by atoms with Crippen LogP contribution in [0, 0.1) is 0 Å². The summed E-state index contributed by atoms with van der Waals surface area (Å²) < 4.78 is 17.0. The predicted octanol–water partition coefficient (Wildman–Crippen LogP) is 22.3. The molecular weight excluding hydrogens is 925 g/mol. The topological polar surface area (TPSA) is 78.9 Å². The Hall–Kier alpha value is -2.89. The summed E-state index contributed by atoms with van der Waals surface area (Å²) in [6, 6.07) is 0. The zero-order valence-corrected chi connectivity index (χ0v) is 50.1. The van der Waals surface area contributed by atoms with E-state index in [9.17, 15) is 14.4 Å². The molecule has 0 rings (SSSR count). The Balaban J connectivity index is 4.33. The molecule has 0 saturated heterocycles. The summed E-state index contributed by atoms with van der Waals surface area (Å²) in [5.74, 6) is -0.875. The van der Waals surface area contributed by atoms with Crippen molar-refractivity contribution < 1.29 is 28.6 Å². The van der Waals surface area contributed by atoms with Gasteiger partial charge in [-0.1, -0.05) is 281 Å². The molecular formula is C69H124O6. The maximum atomic E-state index is 12.9. The van der Waals surface area contributed by atoms with Crippen molar-refractivity contribution in [2.75, 3.05) is 13.2 Å². The Morgan fingerprint density at radius 1 is 0.280 bits per heavy atom. The molecule has 436 valence electrons. The smallest absolute Gasteiger partial charge is 0.306 e. The zero-order chi connectivity index (χ0) is 54.3. The van der Waals surface area contributed by atoms with Crippen LogP contribution in [-0.4, -0.2) is 37.2 Å².